The Balaban J connectivity index is 1.50. The summed E-state index contributed by atoms with van der Waals surface area (Å²) in [6.45, 7) is 0.672. The molecule has 9 heteroatoms. The van der Waals surface area contributed by atoms with Gasteiger partial charge in [-0.2, -0.15) is 13.2 Å². The lowest BCUT2D eigenvalue weighted by molar-refractivity contribution is -0.205. The van der Waals surface area contributed by atoms with Crippen molar-refractivity contribution in [1.82, 2.24) is 9.88 Å². The Morgan fingerprint density at radius 3 is 2.61 bits per heavy atom. The van der Waals surface area contributed by atoms with E-state index in [2.05, 4.69) is 27.6 Å². The number of rotatable bonds is 3. The van der Waals surface area contributed by atoms with Crippen LogP contribution in [0.25, 0.3) is 0 Å². The van der Waals surface area contributed by atoms with E-state index in [4.69, 9.17) is 10.5 Å². The van der Waals surface area contributed by atoms with E-state index >= 15 is 0 Å². The molecule has 1 aliphatic heterocycles. The van der Waals surface area contributed by atoms with Gasteiger partial charge < -0.3 is 15.4 Å². The van der Waals surface area contributed by atoms with Gasteiger partial charge in [-0.15, -0.1) is 0 Å². The number of carbonyl (C=O) groups excluding carboxylic acids is 1. The summed E-state index contributed by atoms with van der Waals surface area (Å²) in [7, 11) is 0. The van der Waals surface area contributed by atoms with Crippen LogP contribution >= 0.6 is 22.6 Å². The summed E-state index contributed by atoms with van der Waals surface area (Å²) < 4.78 is 43.6. The minimum Gasteiger partial charge on any atom is -0.488 e. The van der Waals surface area contributed by atoms with E-state index in [0.717, 1.165) is 10.6 Å². The summed E-state index contributed by atoms with van der Waals surface area (Å²) in [6.07, 6.45) is -3.52. The fourth-order valence-electron chi connectivity index (χ4n) is 3.17. The first-order chi connectivity index (χ1) is 10.7. The van der Waals surface area contributed by atoms with Gasteiger partial charge in [0.05, 0.1) is 5.69 Å². The van der Waals surface area contributed by atoms with Crippen molar-refractivity contribution in [3.63, 3.8) is 0 Å². The zero-order chi connectivity index (χ0) is 16.8. The molecular formula is C14H15F3IN3O2. The first kappa shape index (κ1) is 16.7. The first-order valence-corrected chi connectivity index (χ1v) is 8.19. The van der Waals surface area contributed by atoms with Crippen molar-refractivity contribution >= 4 is 28.5 Å². The van der Waals surface area contributed by atoms with Crippen LogP contribution in [0.3, 0.4) is 0 Å². The zero-order valence-electron chi connectivity index (χ0n) is 12.1. The van der Waals surface area contributed by atoms with Crippen molar-refractivity contribution in [3.8, 4) is 5.75 Å². The van der Waals surface area contributed by atoms with E-state index in [1.807, 2.05) is 6.07 Å². The summed E-state index contributed by atoms with van der Waals surface area (Å²) in [5.74, 6) is -1.09. The van der Waals surface area contributed by atoms with E-state index in [1.165, 1.54) is 0 Å². The lowest BCUT2D eigenvalue weighted by Crippen LogP contribution is -2.67. The molecule has 3 rings (SSSR count). The predicted octanol–water partition coefficient (Wildman–Crippen LogP) is 2.08. The Morgan fingerprint density at radius 1 is 1.43 bits per heavy atom. The monoisotopic (exact) mass is 441 g/mol. The third-order valence-corrected chi connectivity index (χ3v) is 5.05. The largest absolute Gasteiger partial charge is 0.488 e. The van der Waals surface area contributed by atoms with Crippen molar-refractivity contribution in [2.75, 3.05) is 13.1 Å². The number of ether oxygens (including phenoxy) is 1. The first-order valence-electron chi connectivity index (χ1n) is 7.11. The second-order valence-electron chi connectivity index (χ2n) is 6.10. The number of likely N-dealkylation sites (tertiary alicyclic amines) is 1. The molecule has 1 aromatic rings. The summed E-state index contributed by atoms with van der Waals surface area (Å²) in [5.41, 5.74) is 6.08. The maximum absolute atomic E-state index is 12.3. The molecule has 1 amide bonds. The molecule has 0 aromatic carbocycles. The molecular weight excluding hydrogens is 426 g/mol. The molecule has 5 nitrogen and oxygen atoms in total. The maximum atomic E-state index is 12.3. The summed E-state index contributed by atoms with van der Waals surface area (Å²) in [4.78, 5) is 16.3. The van der Waals surface area contributed by atoms with E-state index in [9.17, 15) is 18.0 Å². The number of aromatic nitrogens is 1. The third-order valence-electron chi connectivity index (χ3n) is 4.28. The average molecular weight is 441 g/mol. The van der Waals surface area contributed by atoms with E-state index in [1.54, 1.807) is 6.07 Å². The maximum Gasteiger partial charge on any atom is 0.471 e. The van der Waals surface area contributed by atoms with Crippen LogP contribution in [0.5, 0.6) is 5.75 Å². The van der Waals surface area contributed by atoms with Gasteiger partial charge in [0.25, 0.3) is 0 Å². The Bertz CT molecular complexity index is 624. The van der Waals surface area contributed by atoms with Crippen LogP contribution < -0.4 is 10.5 Å². The molecule has 1 spiro atoms. The molecule has 23 heavy (non-hydrogen) atoms. The number of hydrogen-bond acceptors (Lipinski definition) is 4. The number of alkyl halides is 3. The van der Waals surface area contributed by atoms with Gasteiger partial charge in [-0.05, 0) is 47.6 Å². The summed E-state index contributed by atoms with van der Waals surface area (Å²) in [5, 5.41) is 0. The number of nitrogens with zero attached hydrogens (tertiary/aromatic N) is 2. The second-order valence-corrected chi connectivity index (χ2v) is 7.12. The molecule has 2 aliphatic rings. The number of hydrogen-bond donors (Lipinski definition) is 1. The van der Waals surface area contributed by atoms with Crippen LogP contribution in [-0.4, -0.2) is 41.2 Å². The molecule has 2 fully saturated rings. The molecule has 1 aliphatic carbocycles. The molecule has 2 heterocycles. The lowest BCUT2D eigenvalue weighted by atomic mass is 9.61. The van der Waals surface area contributed by atoms with Crippen molar-refractivity contribution in [2.24, 2.45) is 11.1 Å². The molecule has 0 radical (unpaired) electrons. The van der Waals surface area contributed by atoms with Gasteiger partial charge in [0, 0.05) is 25.0 Å². The topological polar surface area (TPSA) is 68.5 Å². The Kier molecular flexibility index (Phi) is 4.20. The number of carbonyl (C=O) groups is 1. The Hall–Kier alpha value is -1.10. The van der Waals surface area contributed by atoms with E-state index in [0.29, 0.717) is 28.8 Å². The molecule has 2 N–H and O–H groups in total. The Morgan fingerprint density at radius 2 is 2.09 bits per heavy atom. The number of amides is 1. The molecule has 126 valence electrons. The SMILES string of the molecule is NCc1ccc(OC2CC3(C2)CN(C(=O)C(F)(F)F)C3)c(I)n1. The van der Waals surface area contributed by atoms with E-state index in [-0.39, 0.29) is 24.6 Å². The molecule has 0 bridgehead atoms. The quantitative estimate of drug-likeness (QED) is 0.577. The minimum atomic E-state index is -4.78. The number of halogens is 4. The van der Waals surface area contributed by atoms with Crippen molar-refractivity contribution in [3.05, 3.63) is 21.5 Å². The van der Waals surface area contributed by atoms with E-state index < -0.39 is 12.1 Å². The third kappa shape index (κ3) is 3.25. The highest BCUT2D eigenvalue weighted by Crippen LogP contribution is 2.50. The highest BCUT2D eigenvalue weighted by atomic mass is 127. The summed E-state index contributed by atoms with van der Waals surface area (Å²) >= 11 is 2.07. The second kappa shape index (κ2) is 5.76. The van der Waals surface area contributed by atoms with Crippen LogP contribution in [0.2, 0.25) is 0 Å². The van der Waals surface area contributed by atoms with Crippen molar-refractivity contribution in [2.45, 2.75) is 31.7 Å². The molecule has 1 saturated heterocycles. The molecule has 0 unspecified atom stereocenters. The molecule has 1 saturated carbocycles. The van der Waals surface area contributed by atoms with Gasteiger partial charge in [-0.25, -0.2) is 4.98 Å². The van der Waals surface area contributed by atoms with Gasteiger partial charge in [-0.3, -0.25) is 4.79 Å². The van der Waals surface area contributed by atoms with Crippen molar-refractivity contribution < 1.29 is 22.7 Å². The van der Waals surface area contributed by atoms with Gasteiger partial charge in [0.1, 0.15) is 9.80 Å². The average Bonchev–Trinajstić information content (AvgIpc) is 2.39. The molecule has 0 atom stereocenters. The fraction of sp³-hybridized carbons (Fsp3) is 0.571. The van der Waals surface area contributed by atoms with Gasteiger partial charge >= 0.3 is 12.1 Å². The van der Waals surface area contributed by atoms with Crippen LogP contribution in [0, 0.1) is 9.12 Å². The lowest BCUT2D eigenvalue weighted by Gasteiger charge is -2.58. The van der Waals surface area contributed by atoms with Gasteiger partial charge in [-0.1, -0.05) is 0 Å². The minimum absolute atomic E-state index is 0.0443. The van der Waals surface area contributed by atoms with Crippen molar-refractivity contribution in [1.29, 1.82) is 0 Å². The number of nitrogens with two attached hydrogens (primary N) is 1. The highest BCUT2D eigenvalue weighted by Gasteiger charge is 2.58. The molecule has 1 aromatic heterocycles. The van der Waals surface area contributed by atoms with Gasteiger partial charge in [0.15, 0.2) is 5.75 Å². The predicted molar refractivity (Wildman–Crippen MR) is 83.6 cm³/mol. The standard InChI is InChI=1S/C14H15F3IN3O2/c15-14(16,17)12(22)21-6-13(7-21)3-9(4-13)23-10-2-1-8(5-19)20-11(10)18/h1-2,9H,3-7,19H2. The summed E-state index contributed by atoms with van der Waals surface area (Å²) in [6, 6.07) is 3.60. The van der Waals surface area contributed by atoms with Crippen LogP contribution in [0.15, 0.2) is 12.1 Å². The van der Waals surface area contributed by atoms with Crippen LogP contribution in [0.4, 0.5) is 13.2 Å². The highest BCUT2D eigenvalue weighted by molar-refractivity contribution is 14.1. The van der Waals surface area contributed by atoms with Gasteiger partial charge in [0.2, 0.25) is 0 Å². The smallest absolute Gasteiger partial charge is 0.471 e. The van der Waals surface area contributed by atoms with Crippen LogP contribution in [0.1, 0.15) is 18.5 Å². The Labute approximate surface area is 144 Å². The van der Waals surface area contributed by atoms with Crippen LogP contribution in [-0.2, 0) is 11.3 Å². The fourth-order valence-corrected chi connectivity index (χ4v) is 3.79. The zero-order valence-corrected chi connectivity index (χ0v) is 14.2. The normalized spacial score (nSPS) is 20.1. The number of pyridine rings is 1.